The van der Waals surface area contributed by atoms with Crippen molar-refractivity contribution in [1.82, 2.24) is 5.32 Å². The summed E-state index contributed by atoms with van der Waals surface area (Å²) < 4.78 is 10.8. The Kier molecular flexibility index (Phi) is 7.72. The molecule has 0 saturated heterocycles. The van der Waals surface area contributed by atoms with Crippen LogP contribution < -0.4 is 15.4 Å². The number of nitrogens with one attached hydrogen (secondary N) is 2. The third-order valence-corrected chi connectivity index (χ3v) is 2.92. The Hall–Kier alpha value is -1.91. The van der Waals surface area contributed by atoms with Crippen LogP contribution in [0.2, 0.25) is 0 Å². The van der Waals surface area contributed by atoms with E-state index in [0.717, 1.165) is 24.4 Å². The van der Waals surface area contributed by atoms with E-state index in [2.05, 4.69) is 24.5 Å². The lowest BCUT2D eigenvalue weighted by atomic mass is 10.1. The summed E-state index contributed by atoms with van der Waals surface area (Å²) >= 11 is 0. The van der Waals surface area contributed by atoms with Crippen LogP contribution >= 0.6 is 0 Å². The molecule has 1 aromatic rings. The van der Waals surface area contributed by atoms with E-state index in [9.17, 15) is 4.79 Å². The first-order chi connectivity index (χ1) is 10.8. The van der Waals surface area contributed by atoms with Crippen LogP contribution in [0.4, 0.5) is 10.5 Å². The van der Waals surface area contributed by atoms with Gasteiger partial charge in [0.15, 0.2) is 0 Å². The lowest BCUT2D eigenvalue weighted by Gasteiger charge is -2.19. The van der Waals surface area contributed by atoms with E-state index >= 15 is 0 Å². The van der Waals surface area contributed by atoms with Crippen LogP contribution in [-0.4, -0.2) is 31.4 Å². The van der Waals surface area contributed by atoms with Crippen LogP contribution in [0.1, 0.15) is 41.0 Å². The molecule has 2 N–H and O–H groups in total. The van der Waals surface area contributed by atoms with Crippen molar-refractivity contribution >= 4 is 11.8 Å². The molecule has 1 aromatic carbocycles. The average Bonchev–Trinajstić information content (AvgIpc) is 2.42. The zero-order chi connectivity index (χ0) is 17.3. The van der Waals surface area contributed by atoms with E-state index in [-0.39, 0.29) is 0 Å². The van der Waals surface area contributed by atoms with Gasteiger partial charge in [-0.1, -0.05) is 19.9 Å². The van der Waals surface area contributed by atoms with Crippen molar-refractivity contribution in [3.05, 3.63) is 24.3 Å². The number of hydrogen-bond acceptors (Lipinski definition) is 4. The maximum Gasteiger partial charge on any atom is 0.407 e. The van der Waals surface area contributed by atoms with E-state index in [0.29, 0.717) is 19.1 Å². The molecule has 0 spiro atoms. The molecule has 0 atom stereocenters. The Morgan fingerprint density at radius 2 is 1.96 bits per heavy atom. The predicted molar refractivity (Wildman–Crippen MR) is 94.1 cm³/mol. The summed E-state index contributed by atoms with van der Waals surface area (Å²) in [6.45, 7) is 11.7. The summed E-state index contributed by atoms with van der Waals surface area (Å²) in [7, 11) is 0. The van der Waals surface area contributed by atoms with Crippen molar-refractivity contribution < 1.29 is 14.3 Å². The lowest BCUT2D eigenvalue weighted by molar-refractivity contribution is 0.0520. The van der Waals surface area contributed by atoms with Gasteiger partial charge < -0.3 is 20.1 Å². The van der Waals surface area contributed by atoms with Crippen LogP contribution in [0.5, 0.6) is 5.75 Å². The molecule has 0 aliphatic heterocycles. The quantitative estimate of drug-likeness (QED) is 0.709. The van der Waals surface area contributed by atoms with Crippen molar-refractivity contribution in [2.24, 2.45) is 5.92 Å². The molecule has 5 nitrogen and oxygen atoms in total. The maximum atomic E-state index is 11.5. The molecule has 0 radical (unpaired) electrons. The molecule has 0 aromatic heterocycles. The smallest absolute Gasteiger partial charge is 0.407 e. The van der Waals surface area contributed by atoms with Gasteiger partial charge in [-0.3, -0.25) is 0 Å². The molecule has 1 rings (SSSR count). The molecule has 0 bridgehead atoms. The Morgan fingerprint density at radius 1 is 1.22 bits per heavy atom. The highest BCUT2D eigenvalue weighted by Crippen LogP contribution is 2.17. The molecule has 0 fully saturated rings. The van der Waals surface area contributed by atoms with E-state index in [1.807, 2.05) is 45.0 Å². The summed E-state index contributed by atoms with van der Waals surface area (Å²) in [4.78, 5) is 11.5. The number of alkyl carbamates (subject to hydrolysis) is 1. The van der Waals surface area contributed by atoms with Gasteiger partial charge in [-0.2, -0.15) is 0 Å². The van der Waals surface area contributed by atoms with Gasteiger partial charge in [0, 0.05) is 18.3 Å². The van der Waals surface area contributed by atoms with E-state index in [1.54, 1.807) is 0 Å². The third kappa shape index (κ3) is 9.66. The van der Waals surface area contributed by atoms with Crippen LogP contribution in [0.3, 0.4) is 0 Å². The van der Waals surface area contributed by atoms with Gasteiger partial charge in [0.2, 0.25) is 0 Å². The third-order valence-electron chi connectivity index (χ3n) is 2.92. The SMILES string of the molecule is CC(C)CCNc1cccc(OCCNC(=O)OC(C)(C)C)c1. The van der Waals surface area contributed by atoms with Crippen LogP contribution in [0.25, 0.3) is 0 Å². The number of hydrogen-bond donors (Lipinski definition) is 2. The number of amides is 1. The molecule has 0 aliphatic carbocycles. The summed E-state index contributed by atoms with van der Waals surface area (Å²) in [6, 6.07) is 7.84. The molecule has 23 heavy (non-hydrogen) atoms. The lowest BCUT2D eigenvalue weighted by Crippen LogP contribution is -2.34. The van der Waals surface area contributed by atoms with Gasteiger partial charge in [0.1, 0.15) is 18.0 Å². The normalized spacial score (nSPS) is 11.2. The topological polar surface area (TPSA) is 59.6 Å². The summed E-state index contributed by atoms with van der Waals surface area (Å²) in [5, 5.41) is 6.05. The second kappa shape index (κ2) is 9.28. The first-order valence-corrected chi connectivity index (χ1v) is 8.20. The van der Waals surface area contributed by atoms with E-state index in [1.165, 1.54) is 0 Å². The molecular weight excluding hydrogens is 292 g/mol. The molecule has 0 saturated carbocycles. The van der Waals surface area contributed by atoms with E-state index < -0.39 is 11.7 Å². The monoisotopic (exact) mass is 322 g/mol. The Labute approximate surface area is 139 Å². The minimum absolute atomic E-state index is 0.398. The maximum absolute atomic E-state index is 11.5. The number of carbonyl (C=O) groups excluding carboxylic acids is 1. The minimum atomic E-state index is -0.485. The Bertz CT molecular complexity index is 481. The van der Waals surface area contributed by atoms with Crippen LogP contribution in [-0.2, 0) is 4.74 Å². The fourth-order valence-corrected chi connectivity index (χ4v) is 1.84. The predicted octanol–water partition coefficient (Wildman–Crippen LogP) is 4.05. The molecule has 0 aliphatic rings. The van der Waals surface area contributed by atoms with Crippen LogP contribution in [0, 0.1) is 5.92 Å². The Balaban J connectivity index is 2.28. The summed E-state index contributed by atoms with van der Waals surface area (Å²) in [5.41, 5.74) is 0.559. The largest absolute Gasteiger partial charge is 0.492 e. The highest BCUT2D eigenvalue weighted by Gasteiger charge is 2.15. The van der Waals surface area contributed by atoms with Gasteiger partial charge in [0.05, 0.1) is 6.54 Å². The summed E-state index contributed by atoms with van der Waals surface area (Å²) in [5.74, 6) is 1.46. The minimum Gasteiger partial charge on any atom is -0.492 e. The highest BCUT2D eigenvalue weighted by molar-refractivity contribution is 5.67. The fourth-order valence-electron chi connectivity index (χ4n) is 1.84. The van der Waals surface area contributed by atoms with Gasteiger partial charge in [-0.15, -0.1) is 0 Å². The molecule has 130 valence electrons. The van der Waals surface area contributed by atoms with Crippen molar-refractivity contribution in [2.75, 3.05) is 25.0 Å². The van der Waals surface area contributed by atoms with Gasteiger partial charge in [0.25, 0.3) is 0 Å². The van der Waals surface area contributed by atoms with Crippen molar-refractivity contribution in [3.63, 3.8) is 0 Å². The zero-order valence-corrected chi connectivity index (χ0v) is 14.9. The number of ether oxygens (including phenoxy) is 2. The molecular formula is C18H30N2O3. The highest BCUT2D eigenvalue weighted by atomic mass is 16.6. The van der Waals surface area contributed by atoms with Crippen molar-refractivity contribution in [3.8, 4) is 5.75 Å². The second-order valence-electron chi connectivity index (χ2n) is 6.91. The molecule has 0 unspecified atom stereocenters. The van der Waals surface area contributed by atoms with Crippen molar-refractivity contribution in [2.45, 2.75) is 46.6 Å². The van der Waals surface area contributed by atoms with E-state index in [4.69, 9.17) is 9.47 Å². The first kappa shape index (κ1) is 19.1. The number of carbonyl (C=O) groups is 1. The van der Waals surface area contributed by atoms with Gasteiger partial charge in [-0.25, -0.2) is 4.79 Å². The number of rotatable bonds is 8. The Morgan fingerprint density at radius 3 is 2.61 bits per heavy atom. The first-order valence-electron chi connectivity index (χ1n) is 8.20. The molecule has 5 heteroatoms. The van der Waals surface area contributed by atoms with Crippen LogP contribution in [0.15, 0.2) is 24.3 Å². The van der Waals surface area contributed by atoms with Gasteiger partial charge >= 0.3 is 6.09 Å². The molecule has 1 amide bonds. The van der Waals surface area contributed by atoms with Gasteiger partial charge in [-0.05, 0) is 45.2 Å². The van der Waals surface area contributed by atoms with Crippen molar-refractivity contribution in [1.29, 1.82) is 0 Å². The summed E-state index contributed by atoms with van der Waals surface area (Å²) in [6.07, 6.45) is 0.704. The molecule has 0 heterocycles. The standard InChI is InChI=1S/C18H30N2O3/c1-14(2)9-10-19-15-7-6-8-16(13-15)22-12-11-20-17(21)23-18(3,4)5/h6-8,13-14,19H,9-12H2,1-5H3,(H,20,21). The second-order valence-corrected chi connectivity index (χ2v) is 6.91. The fraction of sp³-hybridized carbons (Fsp3) is 0.611. The average molecular weight is 322 g/mol. The number of anilines is 1. The zero-order valence-electron chi connectivity index (χ0n) is 14.9. The number of benzene rings is 1.